The number of methoxy groups -OCH3 is 2. The molecule has 0 aliphatic heterocycles. The number of benzene rings is 3. The summed E-state index contributed by atoms with van der Waals surface area (Å²) in [5.74, 6) is 1.71. The molecule has 0 aliphatic carbocycles. The Morgan fingerprint density at radius 1 is 0.750 bits per heavy atom. The molecule has 7 nitrogen and oxygen atoms in total. The van der Waals surface area contributed by atoms with Crippen LogP contribution in [0.1, 0.15) is 10.4 Å². The summed E-state index contributed by atoms with van der Waals surface area (Å²) >= 11 is 0. The number of amides is 1. The zero-order valence-corrected chi connectivity index (χ0v) is 17.6. The molecule has 1 aromatic heterocycles. The zero-order valence-electron chi connectivity index (χ0n) is 17.6. The number of nitrogens with zero attached hydrogens (tertiary/aromatic N) is 2. The van der Waals surface area contributed by atoms with Crippen molar-refractivity contribution in [2.75, 3.05) is 19.5 Å². The molecule has 3 aromatic carbocycles. The standard InChI is InChI=1S/C25H21N3O4/c1-30-21-9-4-8-20(13-21)28-24(29)18-7-3-6-17(12-18)19-15-26-25(27-16-19)32-23-11-5-10-22(14-23)31-2/h3-16H,1-2H3,(H,28,29). The number of hydrogen-bond acceptors (Lipinski definition) is 6. The lowest BCUT2D eigenvalue weighted by molar-refractivity contribution is 0.102. The van der Waals surface area contributed by atoms with Crippen molar-refractivity contribution in [2.45, 2.75) is 0 Å². The van der Waals surface area contributed by atoms with Crippen molar-refractivity contribution < 1.29 is 19.0 Å². The third kappa shape index (κ3) is 5.02. The maximum atomic E-state index is 12.7. The predicted molar refractivity (Wildman–Crippen MR) is 121 cm³/mol. The Labute approximate surface area is 185 Å². The summed E-state index contributed by atoms with van der Waals surface area (Å²) in [5, 5.41) is 2.88. The molecule has 0 spiro atoms. The maximum absolute atomic E-state index is 12.7. The highest BCUT2D eigenvalue weighted by atomic mass is 16.5. The van der Waals surface area contributed by atoms with Crippen LogP contribution in [0.25, 0.3) is 11.1 Å². The van der Waals surface area contributed by atoms with Crippen LogP contribution in [-0.4, -0.2) is 30.1 Å². The van der Waals surface area contributed by atoms with Gasteiger partial charge in [0.25, 0.3) is 5.91 Å². The molecule has 1 heterocycles. The van der Waals surface area contributed by atoms with Crippen LogP contribution in [0.3, 0.4) is 0 Å². The van der Waals surface area contributed by atoms with Gasteiger partial charge < -0.3 is 19.5 Å². The third-order valence-corrected chi connectivity index (χ3v) is 4.66. The van der Waals surface area contributed by atoms with E-state index in [4.69, 9.17) is 14.2 Å². The number of carbonyl (C=O) groups excluding carboxylic acids is 1. The second-order valence-corrected chi connectivity index (χ2v) is 6.80. The minimum Gasteiger partial charge on any atom is -0.497 e. The Balaban J connectivity index is 1.48. The van der Waals surface area contributed by atoms with Gasteiger partial charge in [0.05, 0.1) is 14.2 Å². The molecule has 1 amide bonds. The second-order valence-electron chi connectivity index (χ2n) is 6.80. The van der Waals surface area contributed by atoms with E-state index in [-0.39, 0.29) is 11.9 Å². The molecule has 0 aliphatic rings. The summed E-state index contributed by atoms with van der Waals surface area (Å²) in [4.78, 5) is 21.3. The third-order valence-electron chi connectivity index (χ3n) is 4.66. The number of ether oxygens (including phenoxy) is 3. The second kappa shape index (κ2) is 9.61. The fourth-order valence-corrected chi connectivity index (χ4v) is 3.03. The van der Waals surface area contributed by atoms with Crippen molar-refractivity contribution in [3.05, 3.63) is 90.8 Å². The summed E-state index contributed by atoms with van der Waals surface area (Å²) < 4.78 is 16.1. The SMILES string of the molecule is COc1cccc(NC(=O)c2cccc(-c3cnc(Oc4cccc(OC)c4)nc3)c2)c1. The van der Waals surface area contributed by atoms with E-state index < -0.39 is 0 Å². The first-order valence-electron chi connectivity index (χ1n) is 9.84. The van der Waals surface area contributed by atoms with E-state index in [2.05, 4.69) is 15.3 Å². The summed E-state index contributed by atoms with van der Waals surface area (Å²) in [6, 6.07) is 21.9. The van der Waals surface area contributed by atoms with Crippen molar-refractivity contribution in [3.8, 4) is 34.4 Å². The molecule has 0 atom stereocenters. The molecular weight excluding hydrogens is 406 g/mol. The van der Waals surface area contributed by atoms with Gasteiger partial charge in [-0.15, -0.1) is 0 Å². The van der Waals surface area contributed by atoms with Gasteiger partial charge in [0, 0.05) is 41.3 Å². The molecule has 1 N–H and O–H groups in total. The van der Waals surface area contributed by atoms with Gasteiger partial charge in [0.1, 0.15) is 17.2 Å². The van der Waals surface area contributed by atoms with Crippen LogP contribution in [0, 0.1) is 0 Å². The molecule has 4 rings (SSSR count). The molecule has 7 heteroatoms. The van der Waals surface area contributed by atoms with Crippen molar-refractivity contribution in [1.82, 2.24) is 9.97 Å². The average Bonchev–Trinajstić information content (AvgIpc) is 2.85. The summed E-state index contributed by atoms with van der Waals surface area (Å²) in [6.45, 7) is 0. The molecule has 0 bridgehead atoms. The van der Waals surface area contributed by atoms with Crippen LogP contribution in [0.2, 0.25) is 0 Å². The smallest absolute Gasteiger partial charge is 0.321 e. The highest BCUT2D eigenvalue weighted by Crippen LogP contribution is 2.25. The molecular formula is C25H21N3O4. The number of carbonyl (C=O) groups is 1. The van der Waals surface area contributed by atoms with Crippen molar-refractivity contribution in [1.29, 1.82) is 0 Å². The van der Waals surface area contributed by atoms with Crippen LogP contribution in [-0.2, 0) is 0 Å². The van der Waals surface area contributed by atoms with E-state index in [1.54, 1.807) is 63.0 Å². The van der Waals surface area contributed by atoms with Crippen LogP contribution in [0.5, 0.6) is 23.3 Å². The van der Waals surface area contributed by atoms with Gasteiger partial charge in [0.2, 0.25) is 0 Å². The highest BCUT2D eigenvalue weighted by molar-refractivity contribution is 6.05. The van der Waals surface area contributed by atoms with Crippen LogP contribution >= 0.6 is 0 Å². The number of aromatic nitrogens is 2. The van der Waals surface area contributed by atoms with Crippen LogP contribution in [0.15, 0.2) is 85.2 Å². The lowest BCUT2D eigenvalue weighted by Gasteiger charge is -2.09. The lowest BCUT2D eigenvalue weighted by atomic mass is 10.1. The Kier molecular flexibility index (Phi) is 6.27. The number of anilines is 1. The average molecular weight is 427 g/mol. The monoisotopic (exact) mass is 427 g/mol. The van der Waals surface area contributed by atoms with E-state index >= 15 is 0 Å². The Morgan fingerprint density at radius 2 is 1.41 bits per heavy atom. The summed E-state index contributed by atoms with van der Waals surface area (Å²) in [7, 11) is 3.18. The van der Waals surface area contributed by atoms with Gasteiger partial charge in [-0.25, -0.2) is 9.97 Å². The van der Waals surface area contributed by atoms with Crippen LogP contribution in [0.4, 0.5) is 5.69 Å². The van der Waals surface area contributed by atoms with Gasteiger partial charge in [-0.2, -0.15) is 0 Å². The minimum atomic E-state index is -0.223. The van der Waals surface area contributed by atoms with Crippen molar-refractivity contribution in [3.63, 3.8) is 0 Å². The van der Waals surface area contributed by atoms with Gasteiger partial charge in [0.15, 0.2) is 0 Å². The molecule has 160 valence electrons. The quantitative estimate of drug-likeness (QED) is 0.436. The van der Waals surface area contributed by atoms with Gasteiger partial charge in [-0.05, 0) is 42.0 Å². The fourth-order valence-electron chi connectivity index (χ4n) is 3.03. The molecule has 0 radical (unpaired) electrons. The predicted octanol–water partition coefficient (Wildman–Crippen LogP) is 5.21. The molecule has 0 saturated carbocycles. The number of rotatable bonds is 7. The van der Waals surface area contributed by atoms with Crippen LogP contribution < -0.4 is 19.5 Å². The largest absolute Gasteiger partial charge is 0.497 e. The van der Waals surface area contributed by atoms with Crippen molar-refractivity contribution >= 4 is 11.6 Å². The van der Waals surface area contributed by atoms with E-state index in [0.717, 1.165) is 11.1 Å². The first-order valence-corrected chi connectivity index (χ1v) is 9.84. The Bertz CT molecular complexity index is 1230. The fraction of sp³-hybridized carbons (Fsp3) is 0.0800. The zero-order chi connectivity index (χ0) is 22.3. The molecule has 0 fully saturated rings. The number of nitrogens with one attached hydrogen (secondary N) is 1. The van der Waals surface area contributed by atoms with Crippen molar-refractivity contribution in [2.24, 2.45) is 0 Å². The summed E-state index contributed by atoms with van der Waals surface area (Å²) in [5.41, 5.74) is 2.75. The Morgan fingerprint density at radius 3 is 2.16 bits per heavy atom. The van der Waals surface area contributed by atoms with Gasteiger partial charge in [-0.1, -0.05) is 24.3 Å². The molecule has 32 heavy (non-hydrogen) atoms. The van der Waals surface area contributed by atoms with E-state index in [0.29, 0.717) is 28.5 Å². The van der Waals surface area contributed by atoms with Gasteiger partial charge in [-0.3, -0.25) is 4.79 Å². The van der Waals surface area contributed by atoms with Gasteiger partial charge >= 0.3 is 6.01 Å². The maximum Gasteiger partial charge on any atom is 0.321 e. The molecule has 0 saturated heterocycles. The minimum absolute atomic E-state index is 0.217. The number of hydrogen-bond donors (Lipinski definition) is 1. The lowest BCUT2D eigenvalue weighted by Crippen LogP contribution is -2.11. The first kappa shape index (κ1) is 20.9. The van der Waals surface area contributed by atoms with E-state index in [1.807, 2.05) is 36.4 Å². The summed E-state index contributed by atoms with van der Waals surface area (Å²) in [6.07, 6.45) is 3.31. The first-order chi connectivity index (χ1) is 15.6. The molecule has 4 aromatic rings. The normalized spacial score (nSPS) is 10.3. The topological polar surface area (TPSA) is 82.6 Å². The molecule has 0 unspecified atom stereocenters. The van der Waals surface area contributed by atoms with E-state index in [9.17, 15) is 4.79 Å². The Hall–Kier alpha value is -4.39. The highest BCUT2D eigenvalue weighted by Gasteiger charge is 2.10. The van der Waals surface area contributed by atoms with E-state index in [1.165, 1.54) is 0 Å².